The second-order valence-corrected chi connectivity index (χ2v) is 6.77. The summed E-state index contributed by atoms with van der Waals surface area (Å²) in [6, 6.07) is 5.80. The van der Waals surface area contributed by atoms with E-state index in [2.05, 4.69) is 34.9 Å². The van der Waals surface area contributed by atoms with Gasteiger partial charge in [-0.2, -0.15) is 0 Å². The second kappa shape index (κ2) is 7.26. The zero-order valence-electron chi connectivity index (χ0n) is 15.1. The Bertz CT molecular complexity index is 918. The van der Waals surface area contributed by atoms with Crippen LogP contribution in [0.4, 0.5) is 0 Å². The predicted octanol–water partition coefficient (Wildman–Crippen LogP) is 1.30. The van der Waals surface area contributed by atoms with E-state index in [1.165, 1.54) is 0 Å². The van der Waals surface area contributed by atoms with Crippen molar-refractivity contribution in [1.29, 1.82) is 0 Å². The molecule has 2 atom stereocenters. The van der Waals surface area contributed by atoms with Crippen LogP contribution < -0.4 is 0 Å². The molecule has 3 aromatic rings. The number of aromatic nitrogens is 5. The van der Waals surface area contributed by atoms with E-state index in [0.717, 1.165) is 24.2 Å². The quantitative estimate of drug-likeness (QED) is 0.672. The minimum Gasteiger partial charge on any atom is -0.474 e. The maximum absolute atomic E-state index is 5.77. The summed E-state index contributed by atoms with van der Waals surface area (Å²) >= 11 is 0. The maximum Gasteiger partial charge on any atom is 0.235 e. The molecule has 0 fully saturated rings. The molecule has 9 heteroatoms. The number of nitrogens with zero attached hydrogens (tertiary/aromatic N) is 5. The molecule has 0 saturated heterocycles. The van der Waals surface area contributed by atoms with Crippen LogP contribution in [0, 0.1) is 0 Å². The Kier molecular flexibility index (Phi) is 4.32. The van der Waals surface area contributed by atoms with Crippen molar-refractivity contribution >= 4 is 11.8 Å². The van der Waals surface area contributed by atoms with Gasteiger partial charge in [-0.05, 0) is 12.1 Å². The van der Waals surface area contributed by atoms with Gasteiger partial charge in [-0.25, -0.2) is 24.9 Å². The lowest BCUT2D eigenvalue weighted by molar-refractivity contribution is 0.314. The molecule has 5 heterocycles. The number of pyridine rings is 1. The van der Waals surface area contributed by atoms with Gasteiger partial charge in [0.1, 0.15) is 24.6 Å². The van der Waals surface area contributed by atoms with Gasteiger partial charge in [0.05, 0.1) is 24.7 Å². The van der Waals surface area contributed by atoms with Gasteiger partial charge in [-0.1, -0.05) is 6.07 Å². The van der Waals surface area contributed by atoms with Crippen LogP contribution in [0.2, 0.25) is 0 Å². The first-order chi connectivity index (χ1) is 13.8. The van der Waals surface area contributed by atoms with Crippen molar-refractivity contribution in [1.82, 2.24) is 24.9 Å². The van der Waals surface area contributed by atoms with Crippen LogP contribution in [0.1, 0.15) is 22.8 Å². The fourth-order valence-corrected chi connectivity index (χ4v) is 3.29. The number of aromatic amines is 2. The highest BCUT2D eigenvalue weighted by atomic mass is 16.5. The second-order valence-electron chi connectivity index (χ2n) is 6.77. The van der Waals surface area contributed by atoms with Gasteiger partial charge in [0.2, 0.25) is 11.8 Å². The third-order valence-corrected chi connectivity index (χ3v) is 4.63. The van der Waals surface area contributed by atoms with Crippen molar-refractivity contribution in [2.24, 2.45) is 9.98 Å². The smallest absolute Gasteiger partial charge is 0.235 e. The van der Waals surface area contributed by atoms with E-state index in [0.29, 0.717) is 36.4 Å². The molecule has 142 valence electrons. The van der Waals surface area contributed by atoms with E-state index in [9.17, 15) is 0 Å². The number of ether oxygens (including phenoxy) is 2. The fraction of sp³-hybridized carbons (Fsp3) is 0.316. The van der Waals surface area contributed by atoms with Gasteiger partial charge < -0.3 is 19.4 Å². The van der Waals surface area contributed by atoms with Crippen LogP contribution >= 0.6 is 0 Å². The van der Waals surface area contributed by atoms with Crippen molar-refractivity contribution < 1.29 is 9.47 Å². The van der Waals surface area contributed by atoms with Gasteiger partial charge in [0.15, 0.2) is 0 Å². The summed E-state index contributed by atoms with van der Waals surface area (Å²) in [6.45, 7) is 1.06. The first kappa shape index (κ1) is 16.7. The molecule has 2 unspecified atom stereocenters. The van der Waals surface area contributed by atoms with E-state index in [1.54, 1.807) is 12.7 Å². The molecule has 0 aliphatic carbocycles. The monoisotopic (exact) mass is 377 g/mol. The number of hydrogen-bond donors (Lipinski definition) is 2. The molecule has 2 aliphatic heterocycles. The van der Waals surface area contributed by atoms with Gasteiger partial charge in [-0.15, -0.1) is 0 Å². The van der Waals surface area contributed by atoms with E-state index in [-0.39, 0.29) is 12.1 Å². The maximum atomic E-state index is 5.77. The summed E-state index contributed by atoms with van der Waals surface area (Å²) in [5.41, 5.74) is 3.45. The summed E-state index contributed by atoms with van der Waals surface area (Å²) in [5.74, 6) is 1.11. The summed E-state index contributed by atoms with van der Waals surface area (Å²) in [7, 11) is 0. The molecule has 2 aliphatic rings. The third-order valence-electron chi connectivity index (χ3n) is 4.63. The van der Waals surface area contributed by atoms with E-state index in [1.807, 2.05) is 30.6 Å². The summed E-state index contributed by atoms with van der Waals surface area (Å²) < 4.78 is 11.5. The Morgan fingerprint density at radius 2 is 1.36 bits per heavy atom. The molecular formula is C19H19N7O2. The SMILES string of the molecule is c1cc(C2=NC(Cc3cnc[nH]3)CO2)nc(C2=NC(Cc3cnc[nH]3)CO2)c1. The Morgan fingerprint density at radius 1 is 0.821 bits per heavy atom. The highest BCUT2D eigenvalue weighted by molar-refractivity contribution is 5.97. The van der Waals surface area contributed by atoms with E-state index >= 15 is 0 Å². The average Bonchev–Trinajstić information content (AvgIpc) is 3.51. The van der Waals surface area contributed by atoms with Crippen molar-refractivity contribution in [3.8, 4) is 0 Å². The van der Waals surface area contributed by atoms with E-state index < -0.39 is 0 Å². The van der Waals surface area contributed by atoms with Gasteiger partial charge in [0, 0.05) is 36.6 Å². The lowest BCUT2D eigenvalue weighted by Crippen LogP contribution is -2.11. The van der Waals surface area contributed by atoms with E-state index in [4.69, 9.17) is 9.47 Å². The largest absolute Gasteiger partial charge is 0.474 e. The average molecular weight is 377 g/mol. The molecule has 9 nitrogen and oxygen atoms in total. The summed E-state index contributed by atoms with van der Waals surface area (Å²) in [5, 5.41) is 0. The predicted molar refractivity (Wildman–Crippen MR) is 101 cm³/mol. The molecule has 28 heavy (non-hydrogen) atoms. The molecule has 0 amide bonds. The number of imidazole rings is 2. The number of H-pyrrole nitrogens is 2. The third kappa shape index (κ3) is 3.51. The Balaban J connectivity index is 1.30. The normalized spacial score (nSPS) is 21.1. The minimum atomic E-state index is 0.0553. The van der Waals surface area contributed by atoms with Crippen molar-refractivity contribution in [3.63, 3.8) is 0 Å². The molecule has 3 aromatic heterocycles. The summed E-state index contributed by atoms with van der Waals surface area (Å²) in [6.07, 6.45) is 8.47. The standard InChI is InChI=1S/C19H19N7O2/c1-2-16(18-24-14(8-27-18)4-12-6-20-10-22-12)26-17(3-1)19-25-15(9-28-19)5-13-7-21-11-23-13/h1-3,6-7,10-11,14-15H,4-5,8-9H2,(H,20,22)(H,21,23). The Morgan fingerprint density at radius 3 is 1.82 bits per heavy atom. The highest BCUT2D eigenvalue weighted by Crippen LogP contribution is 2.17. The van der Waals surface area contributed by atoms with Crippen LogP contribution in [0.15, 0.2) is 53.2 Å². The van der Waals surface area contributed by atoms with Gasteiger partial charge in [0.25, 0.3) is 0 Å². The molecule has 0 radical (unpaired) electrons. The van der Waals surface area contributed by atoms with Crippen LogP contribution in [-0.2, 0) is 22.3 Å². The molecule has 5 rings (SSSR count). The number of aliphatic imine (C=N–C) groups is 2. The Labute approximate surface area is 161 Å². The van der Waals surface area contributed by atoms with Crippen molar-refractivity contribution in [2.45, 2.75) is 24.9 Å². The summed E-state index contributed by atoms with van der Waals surface area (Å²) in [4.78, 5) is 28.2. The van der Waals surface area contributed by atoms with Gasteiger partial charge in [-0.3, -0.25) is 0 Å². The van der Waals surface area contributed by atoms with Crippen LogP contribution in [0.5, 0.6) is 0 Å². The highest BCUT2D eigenvalue weighted by Gasteiger charge is 2.25. The molecule has 2 N–H and O–H groups in total. The van der Waals surface area contributed by atoms with Crippen molar-refractivity contribution in [2.75, 3.05) is 13.2 Å². The van der Waals surface area contributed by atoms with Gasteiger partial charge >= 0.3 is 0 Å². The fourth-order valence-electron chi connectivity index (χ4n) is 3.29. The number of hydrogen-bond acceptors (Lipinski definition) is 7. The minimum absolute atomic E-state index is 0.0553. The first-order valence-corrected chi connectivity index (χ1v) is 9.17. The molecule has 0 spiro atoms. The Hall–Kier alpha value is -3.49. The zero-order chi connectivity index (χ0) is 18.8. The lowest BCUT2D eigenvalue weighted by Gasteiger charge is -2.04. The van der Waals surface area contributed by atoms with Crippen LogP contribution in [-0.4, -0.2) is 62.0 Å². The molecular weight excluding hydrogens is 358 g/mol. The molecule has 0 saturated carbocycles. The van der Waals surface area contributed by atoms with Crippen LogP contribution in [0.25, 0.3) is 0 Å². The topological polar surface area (TPSA) is 113 Å². The number of nitrogens with one attached hydrogen (secondary N) is 2. The number of rotatable bonds is 6. The van der Waals surface area contributed by atoms with Crippen LogP contribution in [0.3, 0.4) is 0 Å². The zero-order valence-corrected chi connectivity index (χ0v) is 15.1. The molecule has 0 bridgehead atoms. The lowest BCUT2D eigenvalue weighted by atomic mass is 10.2. The first-order valence-electron chi connectivity index (χ1n) is 9.17. The van der Waals surface area contributed by atoms with Crippen molar-refractivity contribution in [3.05, 3.63) is 66.0 Å². The molecule has 0 aromatic carbocycles.